The molecule has 0 unspecified atom stereocenters. The number of hydrogen-bond acceptors (Lipinski definition) is 4. The standard InChI is InChI=1S/C12H18N4O2/c1-2-15-10(17)6-7-16-11-8(12(14)18)4-3-5-9(11)13/h3-5,16H,2,6-7,13H2,1H3,(H2,14,18)(H,15,17). The van der Waals surface area contributed by atoms with Gasteiger partial charge in [0, 0.05) is 19.5 Å². The first-order valence-corrected chi connectivity index (χ1v) is 5.75. The van der Waals surface area contributed by atoms with Crippen LogP contribution in [0.5, 0.6) is 0 Å². The van der Waals surface area contributed by atoms with Crippen molar-refractivity contribution in [3.05, 3.63) is 23.8 Å². The van der Waals surface area contributed by atoms with Crippen LogP contribution in [0.1, 0.15) is 23.7 Å². The largest absolute Gasteiger partial charge is 0.397 e. The maximum absolute atomic E-state index is 11.3. The lowest BCUT2D eigenvalue weighted by molar-refractivity contribution is -0.120. The van der Waals surface area contributed by atoms with Crippen LogP contribution in [0.4, 0.5) is 11.4 Å². The van der Waals surface area contributed by atoms with Crippen LogP contribution in [0.25, 0.3) is 0 Å². The van der Waals surface area contributed by atoms with Crippen molar-refractivity contribution < 1.29 is 9.59 Å². The Bertz CT molecular complexity index is 446. The topological polar surface area (TPSA) is 110 Å². The highest BCUT2D eigenvalue weighted by Gasteiger charge is 2.10. The third kappa shape index (κ3) is 3.65. The van der Waals surface area contributed by atoms with E-state index in [1.807, 2.05) is 6.92 Å². The monoisotopic (exact) mass is 250 g/mol. The van der Waals surface area contributed by atoms with Gasteiger partial charge < -0.3 is 22.1 Å². The minimum atomic E-state index is -0.553. The van der Waals surface area contributed by atoms with E-state index >= 15 is 0 Å². The van der Waals surface area contributed by atoms with Crippen LogP contribution >= 0.6 is 0 Å². The number of para-hydroxylation sites is 1. The first-order chi connectivity index (χ1) is 8.56. The molecule has 1 rings (SSSR count). The summed E-state index contributed by atoms with van der Waals surface area (Å²) in [4.78, 5) is 22.5. The molecule has 0 spiro atoms. The van der Waals surface area contributed by atoms with Crippen molar-refractivity contribution in [1.82, 2.24) is 5.32 Å². The number of nitrogens with one attached hydrogen (secondary N) is 2. The molecule has 0 bridgehead atoms. The molecule has 0 atom stereocenters. The molecule has 2 amide bonds. The number of anilines is 2. The Labute approximate surface area is 106 Å². The molecule has 6 heteroatoms. The van der Waals surface area contributed by atoms with Gasteiger partial charge in [-0.25, -0.2) is 0 Å². The van der Waals surface area contributed by atoms with Gasteiger partial charge in [-0.1, -0.05) is 6.07 Å². The SMILES string of the molecule is CCNC(=O)CCNc1c(N)cccc1C(N)=O. The Balaban J connectivity index is 2.67. The van der Waals surface area contributed by atoms with Crippen LogP contribution in [-0.4, -0.2) is 24.9 Å². The first kappa shape index (κ1) is 13.8. The summed E-state index contributed by atoms with van der Waals surface area (Å²) in [5.41, 5.74) is 12.3. The van der Waals surface area contributed by atoms with Gasteiger partial charge in [0.2, 0.25) is 5.91 Å². The van der Waals surface area contributed by atoms with Crippen LogP contribution < -0.4 is 22.1 Å². The zero-order valence-corrected chi connectivity index (χ0v) is 10.3. The number of nitrogen functional groups attached to an aromatic ring is 1. The number of hydrogen-bond donors (Lipinski definition) is 4. The normalized spacial score (nSPS) is 9.83. The second kappa shape index (κ2) is 6.48. The van der Waals surface area contributed by atoms with E-state index in [0.717, 1.165) is 0 Å². The van der Waals surface area contributed by atoms with E-state index in [1.54, 1.807) is 18.2 Å². The zero-order chi connectivity index (χ0) is 13.5. The molecule has 6 nitrogen and oxygen atoms in total. The van der Waals surface area contributed by atoms with Crippen LogP contribution in [0.3, 0.4) is 0 Å². The Kier molecular flexibility index (Phi) is 4.98. The fourth-order valence-corrected chi connectivity index (χ4v) is 1.56. The second-order valence-electron chi connectivity index (χ2n) is 3.76. The minimum absolute atomic E-state index is 0.0554. The van der Waals surface area contributed by atoms with Gasteiger partial charge in [-0.15, -0.1) is 0 Å². The Morgan fingerprint density at radius 2 is 2.06 bits per heavy atom. The van der Waals surface area contributed by atoms with E-state index in [9.17, 15) is 9.59 Å². The number of nitrogens with two attached hydrogens (primary N) is 2. The van der Waals surface area contributed by atoms with Gasteiger partial charge in [0.05, 0.1) is 16.9 Å². The third-order valence-electron chi connectivity index (χ3n) is 2.39. The predicted octanol–water partition coefficient (Wildman–Crippen LogP) is 0.306. The molecule has 0 aromatic heterocycles. The fourth-order valence-electron chi connectivity index (χ4n) is 1.56. The van der Waals surface area contributed by atoms with Crippen LogP contribution in [0.2, 0.25) is 0 Å². The van der Waals surface area contributed by atoms with E-state index < -0.39 is 5.91 Å². The maximum Gasteiger partial charge on any atom is 0.250 e. The van der Waals surface area contributed by atoms with Crippen molar-refractivity contribution in [2.75, 3.05) is 24.1 Å². The van der Waals surface area contributed by atoms with Gasteiger partial charge in [0.15, 0.2) is 0 Å². The zero-order valence-electron chi connectivity index (χ0n) is 10.3. The van der Waals surface area contributed by atoms with E-state index in [4.69, 9.17) is 11.5 Å². The number of amides is 2. The average Bonchev–Trinajstić information content (AvgIpc) is 2.31. The van der Waals surface area contributed by atoms with Crippen molar-refractivity contribution in [3.8, 4) is 0 Å². The summed E-state index contributed by atoms with van der Waals surface area (Å²) in [5.74, 6) is -0.608. The molecule has 0 fully saturated rings. The van der Waals surface area contributed by atoms with Crippen molar-refractivity contribution >= 4 is 23.2 Å². The second-order valence-corrected chi connectivity index (χ2v) is 3.76. The molecule has 0 heterocycles. The first-order valence-electron chi connectivity index (χ1n) is 5.75. The van der Waals surface area contributed by atoms with Gasteiger partial charge in [-0.2, -0.15) is 0 Å². The molecule has 0 saturated carbocycles. The molecule has 0 radical (unpaired) electrons. The van der Waals surface area contributed by atoms with E-state index in [2.05, 4.69) is 10.6 Å². The highest BCUT2D eigenvalue weighted by molar-refractivity contribution is 6.01. The molecule has 98 valence electrons. The van der Waals surface area contributed by atoms with Crippen molar-refractivity contribution in [1.29, 1.82) is 0 Å². The Hall–Kier alpha value is -2.24. The van der Waals surface area contributed by atoms with Crippen molar-refractivity contribution in [2.45, 2.75) is 13.3 Å². The lowest BCUT2D eigenvalue weighted by Gasteiger charge is -2.12. The smallest absolute Gasteiger partial charge is 0.250 e. The number of carbonyl (C=O) groups excluding carboxylic acids is 2. The van der Waals surface area contributed by atoms with Crippen LogP contribution in [-0.2, 0) is 4.79 Å². The molecule has 6 N–H and O–H groups in total. The van der Waals surface area contributed by atoms with Crippen LogP contribution in [0.15, 0.2) is 18.2 Å². The summed E-state index contributed by atoms with van der Waals surface area (Å²) < 4.78 is 0. The molecule has 0 saturated heterocycles. The molecule has 1 aromatic carbocycles. The van der Waals surface area contributed by atoms with Gasteiger partial charge in [-0.05, 0) is 19.1 Å². The van der Waals surface area contributed by atoms with Crippen molar-refractivity contribution in [2.24, 2.45) is 5.73 Å². The molecule has 1 aromatic rings. The minimum Gasteiger partial charge on any atom is -0.397 e. The van der Waals surface area contributed by atoms with Gasteiger partial charge >= 0.3 is 0 Å². The van der Waals surface area contributed by atoms with Gasteiger partial charge in [0.1, 0.15) is 0 Å². The average molecular weight is 250 g/mol. The molecule has 0 aliphatic heterocycles. The lowest BCUT2D eigenvalue weighted by Crippen LogP contribution is -2.25. The quantitative estimate of drug-likeness (QED) is 0.544. The Morgan fingerprint density at radius 3 is 2.67 bits per heavy atom. The highest BCUT2D eigenvalue weighted by atomic mass is 16.1. The molecular weight excluding hydrogens is 232 g/mol. The summed E-state index contributed by atoms with van der Waals surface area (Å²) >= 11 is 0. The summed E-state index contributed by atoms with van der Waals surface area (Å²) in [6.07, 6.45) is 0.306. The summed E-state index contributed by atoms with van der Waals surface area (Å²) in [6, 6.07) is 4.92. The predicted molar refractivity (Wildman–Crippen MR) is 71.2 cm³/mol. The van der Waals surface area contributed by atoms with Crippen molar-refractivity contribution in [3.63, 3.8) is 0 Å². The molecule has 0 aliphatic rings. The van der Waals surface area contributed by atoms with Gasteiger partial charge in [-0.3, -0.25) is 9.59 Å². The lowest BCUT2D eigenvalue weighted by atomic mass is 10.1. The summed E-state index contributed by atoms with van der Waals surface area (Å²) in [5, 5.41) is 5.65. The molecule has 0 aliphatic carbocycles. The number of benzene rings is 1. The molecular formula is C12H18N4O2. The van der Waals surface area contributed by atoms with E-state index in [0.29, 0.717) is 36.4 Å². The number of rotatable bonds is 6. The summed E-state index contributed by atoms with van der Waals surface area (Å²) in [7, 11) is 0. The fraction of sp³-hybridized carbons (Fsp3) is 0.333. The third-order valence-corrected chi connectivity index (χ3v) is 2.39. The highest BCUT2D eigenvalue weighted by Crippen LogP contribution is 2.22. The Morgan fingerprint density at radius 1 is 1.33 bits per heavy atom. The summed E-state index contributed by atoms with van der Waals surface area (Å²) in [6.45, 7) is 2.84. The van der Waals surface area contributed by atoms with E-state index in [1.165, 1.54) is 0 Å². The van der Waals surface area contributed by atoms with E-state index in [-0.39, 0.29) is 5.91 Å². The molecule has 18 heavy (non-hydrogen) atoms. The number of primary amides is 1. The van der Waals surface area contributed by atoms with Gasteiger partial charge in [0.25, 0.3) is 5.91 Å². The maximum atomic E-state index is 11.3. The van der Waals surface area contributed by atoms with Crippen LogP contribution in [0, 0.1) is 0 Å². The number of carbonyl (C=O) groups is 2.